The second kappa shape index (κ2) is 5.19. The quantitative estimate of drug-likeness (QED) is 0.671. The fourth-order valence-electron chi connectivity index (χ4n) is 1.73. The van der Waals surface area contributed by atoms with Crippen molar-refractivity contribution in [2.75, 3.05) is 5.43 Å². The van der Waals surface area contributed by atoms with Gasteiger partial charge >= 0.3 is 0 Å². The first-order chi connectivity index (χ1) is 9.15. The first-order valence-electron chi connectivity index (χ1n) is 5.77. The average Bonchev–Trinajstić information content (AvgIpc) is 2.83. The van der Waals surface area contributed by atoms with Gasteiger partial charge in [0.05, 0.1) is 17.4 Å². The summed E-state index contributed by atoms with van der Waals surface area (Å²) < 4.78 is 1.93. The van der Waals surface area contributed by atoms with Crippen molar-refractivity contribution >= 4 is 22.3 Å². The number of hydrogen-bond acceptors (Lipinski definition) is 5. The van der Waals surface area contributed by atoms with Gasteiger partial charge in [-0.25, -0.2) is 0 Å². The summed E-state index contributed by atoms with van der Waals surface area (Å²) in [4.78, 5) is 0. The molecule has 1 aromatic carbocycles. The number of nitrogens with one attached hydrogen (secondary N) is 1. The lowest BCUT2D eigenvalue weighted by molar-refractivity contribution is 0.551. The normalized spacial score (nSPS) is 9.95. The Hall–Kier alpha value is -2.86. The number of fused-ring (bicyclic) bond motifs is 1. The molecule has 0 aliphatic heterocycles. The Labute approximate surface area is 110 Å². The Morgan fingerprint density at radius 3 is 2.74 bits per heavy atom. The van der Waals surface area contributed by atoms with Crippen LogP contribution in [0.25, 0.3) is 10.9 Å². The Morgan fingerprint density at radius 2 is 2.11 bits per heavy atom. The molecule has 0 aliphatic rings. The highest BCUT2D eigenvalue weighted by molar-refractivity contribution is 6.10. The molecule has 0 amide bonds. The molecule has 0 fully saturated rings. The molecule has 0 atom stereocenters. The smallest absolute Gasteiger partial charge is 0.237 e. The number of hydrazone groups is 1. The third-order valence-electron chi connectivity index (χ3n) is 2.59. The highest BCUT2D eigenvalue weighted by atomic mass is 15.3. The molecular formula is C13H12N6. The zero-order valence-electron chi connectivity index (χ0n) is 10.6. The zero-order chi connectivity index (χ0) is 13.8. The molecule has 2 aromatic rings. The van der Waals surface area contributed by atoms with Gasteiger partial charge < -0.3 is 0 Å². The highest BCUT2D eigenvalue weighted by Gasteiger charge is 2.06. The summed E-state index contributed by atoms with van der Waals surface area (Å²) >= 11 is 0. The standard InChI is InChI=1S/C13H12N6/c1-9(2)19-13-4-3-11(5-10(13)8-16-19)17-18-12(6-14)7-15/h3-5,8-9,17H,1-2H3. The second-order valence-corrected chi connectivity index (χ2v) is 4.25. The monoisotopic (exact) mass is 252 g/mol. The van der Waals surface area contributed by atoms with Crippen LogP contribution >= 0.6 is 0 Å². The van der Waals surface area contributed by atoms with Crippen LogP contribution in [-0.4, -0.2) is 15.5 Å². The van der Waals surface area contributed by atoms with E-state index in [1.54, 1.807) is 18.3 Å². The number of aromatic nitrogens is 2. The molecule has 1 N–H and O–H groups in total. The SMILES string of the molecule is CC(C)n1ncc2cc(NN=C(C#N)C#N)ccc21. The van der Waals surface area contributed by atoms with Gasteiger partial charge in [-0.15, -0.1) is 0 Å². The molecule has 6 heteroatoms. The summed E-state index contributed by atoms with van der Waals surface area (Å²) in [7, 11) is 0. The molecule has 0 spiro atoms. The van der Waals surface area contributed by atoms with E-state index in [4.69, 9.17) is 10.5 Å². The molecule has 6 nitrogen and oxygen atoms in total. The van der Waals surface area contributed by atoms with E-state index in [-0.39, 0.29) is 11.8 Å². The summed E-state index contributed by atoms with van der Waals surface area (Å²) in [5, 5.41) is 26.2. The molecule has 19 heavy (non-hydrogen) atoms. The number of nitrogens with zero attached hydrogens (tertiary/aromatic N) is 5. The number of anilines is 1. The molecule has 0 bridgehead atoms. The van der Waals surface area contributed by atoms with Crippen LogP contribution in [0.3, 0.4) is 0 Å². The lowest BCUT2D eigenvalue weighted by atomic mass is 10.2. The van der Waals surface area contributed by atoms with Gasteiger partial charge in [0.15, 0.2) is 0 Å². The Morgan fingerprint density at radius 1 is 1.37 bits per heavy atom. The molecule has 1 aromatic heterocycles. The minimum absolute atomic E-state index is 0.210. The predicted molar refractivity (Wildman–Crippen MR) is 72.4 cm³/mol. The van der Waals surface area contributed by atoms with Crippen LogP contribution in [0, 0.1) is 22.7 Å². The van der Waals surface area contributed by atoms with Crippen molar-refractivity contribution in [2.45, 2.75) is 19.9 Å². The molecule has 0 saturated heterocycles. The number of rotatable bonds is 3. The molecule has 0 radical (unpaired) electrons. The van der Waals surface area contributed by atoms with E-state index in [0.29, 0.717) is 5.69 Å². The average molecular weight is 252 g/mol. The van der Waals surface area contributed by atoms with Gasteiger partial charge in [-0.1, -0.05) is 0 Å². The first-order valence-corrected chi connectivity index (χ1v) is 5.77. The molecule has 1 heterocycles. The summed E-state index contributed by atoms with van der Waals surface area (Å²) in [5.74, 6) is 0. The van der Waals surface area contributed by atoms with Gasteiger partial charge in [0.2, 0.25) is 5.71 Å². The molecular weight excluding hydrogens is 240 g/mol. The molecule has 94 valence electrons. The van der Waals surface area contributed by atoms with Crippen molar-refractivity contribution in [3.05, 3.63) is 24.4 Å². The van der Waals surface area contributed by atoms with Crippen molar-refractivity contribution in [1.29, 1.82) is 10.5 Å². The largest absolute Gasteiger partial charge is 0.276 e. The fraction of sp³-hybridized carbons (Fsp3) is 0.231. The van der Waals surface area contributed by atoms with E-state index < -0.39 is 0 Å². The second-order valence-electron chi connectivity index (χ2n) is 4.25. The molecule has 0 unspecified atom stereocenters. The zero-order valence-corrected chi connectivity index (χ0v) is 10.6. The summed E-state index contributed by atoms with van der Waals surface area (Å²) in [6.07, 6.45) is 1.78. The maximum absolute atomic E-state index is 8.58. The van der Waals surface area contributed by atoms with E-state index in [0.717, 1.165) is 10.9 Å². The maximum atomic E-state index is 8.58. The highest BCUT2D eigenvalue weighted by Crippen LogP contribution is 2.21. The van der Waals surface area contributed by atoms with Crippen LogP contribution in [0.5, 0.6) is 0 Å². The van der Waals surface area contributed by atoms with Gasteiger partial charge in [0.25, 0.3) is 0 Å². The third-order valence-corrected chi connectivity index (χ3v) is 2.59. The Kier molecular flexibility index (Phi) is 3.44. The van der Waals surface area contributed by atoms with Crippen LogP contribution in [0.15, 0.2) is 29.5 Å². The van der Waals surface area contributed by atoms with Crippen LogP contribution < -0.4 is 5.43 Å². The maximum Gasteiger partial charge on any atom is 0.237 e. The number of benzene rings is 1. The van der Waals surface area contributed by atoms with Crippen LogP contribution in [0.4, 0.5) is 5.69 Å². The lowest BCUT2D eigenvalue weighted by Crippen LogP contribution is -2.01. The van der Waals surface area contributed by atoms with E-state index in [1.807, 2.05) is 22.9 Å². The van der Waals surface area contributed by atoms with Gasteiger partial charge in [0, 0.05) is 11.4 Å². The van der Waals surface area contributed by atoms with Crippen LogP contribution in [0.2, 0.25) is 0 Å². The van der Waals surface area contributed by atoms with Crippen molar-refractivity contribution in [2.24, 2.45) is 5.10 Å². The molecule has 0 aliphatic carbocycles. The summed E-state index contributed by atoms with van der Waals surface area (Å²) in [5.41, 5.74) is 4.21. The van der Waals surface area contributed by atoms with Crippen molar-refractivity contribution in [1.82, 2.24) is 9.78 Å². The van der Waals surface area contributed by atoms with Crippen molar-refractivity contribution in [3.63, 3.8) is 0 Å². The van der Waals surface area contributed by atoms with Crippen LogP contribution in [0.1, 0.15) is 19.9 Å². The first kappa shape index (κ1) is 12.6. The number of nitriles is 2. The minimum atomic E-state index is -0.210. The Bertz CT molecular complexity index is 695. The topological polar surface area (TPSA) is 89.8 Å². The van der Waals surface area contributed by atoms with E-state index >= 15 is 0 Å². The van der Waals surface area contributed by atoms with Gasteiger partial charge in [-0.05, 0) is 32.0 Å². The van der Waals surface area contributed by atoms with Crippen molar-refractivity contribution < 1.29 is 0 Å². The predicted octanol–water partition coefficient (Wildman–Crippen LogP) is 2.43. The van der Waals surface area contributed by atoms with Gasteiger partial charge in [-0.3, -0.25) is 10.1 Å². The van der Waals surface area contributed by atoms with E-state index in [2.05, 4.69) is 29.5 Å². The fourth-order valence-corrected chi connectivity index (χ4v) is 1.73. The van der Waals surface area contributed by atoms with Crippen molar-refractivity contribution in [3.8, 4) is 12.1 Å². The van der Waals surface area contributed by atoms with Gasteiger partial charge in [-0.2, -0.15) is 20.7 Å². The van der Waals surface area contributed by atoms with E-state index in [1.165, 1.54) is 0 Å². The number of hydrogen-bond donors (Lipinski definition) is 1. The minimum Gasteiger partial charge on any atom is -0.276 e. The van der Waals surface area contributed by atoms with Gasteiger partial charge in [0.1, 0.15) is 12.1 Å². The molecule has 2 rings (SSSR count). The Balaban J connectivity index is 2.32. The lowest BCUT2D eigenvalue weighted by Gasteiger charge is -2.07. The third kappa shape index (κ3) is 2.53. The van der Waals surface area contributed by atoms with E-state index in [9.17, 15) is 0 Å². The summed E-state index contributed by atoms with van der Waals surface area (Å²) in [6, 6.07) is 9.30. The van der Waals surface area contributed by atoms with Crippen LogP contribution in [-0.2, 0) is 0 Å². The summed E-state index contributed by atoms with van der Waals surface area (Å²) in [6.45, 7) is 4.13. The molecule has 0 saturated carbocycles.